The molecule has 3 nitrogen and oxygen atoms in total. The van der Waals surface area contributed by atoms with Gasteiger partial charge in [-0.15, -0.1) is 0 Å². The average Bonchev–Trinajstić information content (AvgIpc) is 2.24. The number of esters is 1. The quantitative estimate of drug-likeness (QED) is 0.839. The molecule has 0 heterocycles. The van der Waals surface area contributed by atoms with Gasteiger partial charge in [0.2, 0.25) is 0 Å². The first-order chi connectivity index (χ1) is 8.28. The fourth-order valence-corrected chi connectivity index (χ4v) is 1.54. The van der Waals surface area contributed by atoms with Gasteiger partial charge >= 0.3 is 5.97 Å². The number of nitrogens with two attached hydrogens (primary N) is 1. The van der Waals surface area contributed by atoms with Gasteiger partial charge in [-0.3, -0.25) is 4.79 Å². The van der Waals surface area contributed by atoms with E-state index in [4.69, 9.17) is 10.5 Å². The van der Waals surface area contributed by atoms with E-state index >= 15 is 0 Å². The molecular weight excluding hydrogens is 233 g/mol. The zero-order valence-electron chi connectivity index (χ0n) is 11.1. The van der Waals surface area contributed by atoms with E-state index in [9.17, 15) is 9.18 Å². The molecule has 1 unspecified atom stereocenters. The van der Waals surface area contributed by atoms with Gasteiger partial charge in [0.1, 0.15) is 11.4 Å². The number of carbonyl (C=O) groups is 1. The number of benzene rings is 1. The van der Waals surface area contributed by atoms with E-state index in [1.165, 1.54) is 12.1 Å². The predicted octanol–water partition coefficient (Wildman–Crippen LogP) is 2.95. The summed E-state index contributed by atoms with van der Waals surface area (Å²) < 4.78 is 17.9. The second-order valence-corrected chi connectivity index (χ2v) is 5.28. The molecule has 100 valence electrons. The van der Waals surface area contributed by atoms with Gasteiger partial charge in [-0.25, -0.2) is 4.39 Å². The smallest absolute Gasteiger partial charge is 0.306 e. The molecule has 0 aliphatic carbocycles. The highest BCUT2D eigenvalue weighted by Gasteiger charge is 2.17. The lowest BCUT2D eigenvalue weighted by molar-refractivity contribution is -0.155. The summed E-state index contributed by atoms with van der Waals surface area (Å²) in [6.45, 7) is 5.47. The Morgan fingerprint density at radius 3 is 2.39 bits per heavy atom. The van der Waals surface area contributed by atoms with Crippen molar-refractivity contribution in [2.75, 3.05) is 0 Å². The molecule has 0 spiro atoms. The molecule has 0 aliphatic heterocycles. The molecule has 0 saturated heterocycles. The van der Waals surface area contributed by atoms with Crippen LogP contribution in [0.15, 0.2) is 24.3 Å². The van der Waals surface area contributed by atoms with Crippen molar-refractivity contribution in [3.8, 4) is 0 Å². The van der Waals surface area contributed by atoms with Crippen molar-refractivity contribution < 1.29 is 13.9 Å². The highest BCUT2D eigenvalue weighted by atomic mass is 19.1. The van der Waals surface area contributed by atoms with Crippen LogP contribution in [-0.4, -0.2) is 11.6 Å². The lowest BCUT2D eigenvalue weighted by Gasteiger charge is -2.20. The van der Waals surface area contributed by atoms with Crippen LogP contribution >= 0.6 is 0 Å². The maximum Gasteiger partial charge on any atom is 0.306 e. The summed E-state index contributed by atoms with van der Waals surface area (Å²) in [6.07, 6.45) is 0.746. The number of ether oxygens (including phenoxy) is 1. The molecule has 18 heavy (non-hydrogen) atoms. The summed E-state index contributed by atoms with van der Waals surface area (Å²) in [6, 6.07) is 5.72. The standard InChI is InChI=1S/C14H20FNO2/c1-14(2,3)18-13(17)9-8-12(16)10-4-6-11(15)7-5-10/h4-7,12H,8-9,16H2,1-3H3. The van der Waals surface area contributed by atoms with Gasteiger partial charge in [0, 0.05) is 12.5 Å². The summed E-state index contributed by atoms with van der Waals surface area (Å²) in [5.41, 5.74) is 6.27. The van der Waals surface area contributed by atoms with E-state index in [2.05, 4.69) is 0 Å². The van der Waals surface area contributed by atoms with E-state index in [1.807, 2.05) is 20.8 Å². The second-order valence-electron chi connectivity index (χ2n) is 5.28. The molecule has 1 aromatic carbocycles. The van der Waals surface area contributed by atoms with Gasteiger partial charge in [-0.05, 0) is 44.9 Å². The van der Waals surface area contributed by atoms with Crippen molar-refractivity contribution >= 4 is 5.97 Å². The van der Waals surface area contributed by atoms with Gasteiger partial charge in [-0.1, -0.05) is 12.1 Å². The maximum atomic E-state index is 12.7. The first kappa shape index (κ1) is 14.6. The molecule has 1 aromatic rings. The van der Waals surface area contributed by atoms with E-state index in [-0.39, 0.29) is 24.2 Å². The van der Waals surface area contributed by atoms with Crippen molar-refractivity contribution in [3.05, 3.63) is 35.6 Å². The molecule has 4 heteroatoms. The first-order valence-electron chi connectivity index (χ1n) is 6.01. The van der Waals surface area contributed by atoms with E-state index in [0.29, 0.717) is 6.42 Å². The van der Waals surface area contributed by atoms with Crippen LogP contribution in [0.4, 0.5) is 4.39 Å². The highest BCUT2D eigenvalue weighted by Crippen LogP contribution is 2.17. The molecule has 1 rings (SSSR count). The summed E-state index contributed by atoms with van der Waals surface area (Å²) >= 11 is 0. The zero-order chi connectivity index (χ0) is 13.8. The molecule has 1 atom stereocenters. The number of rotatable bonds is 4. The topological polar surface area (TPSA) is 52.3 Å². The third-order valence-electron chi connectivity index (χ3n) is 2.38. The Kier molecular flexibility index (Phi) is 4.84. The second kappa shape index (κ2) is 5.96. The van der Waals surface area contributed by atoms with Gasteiger partial charge in [0.25, 0.3) is 0 Å². The molecule has 0 aromatic heterocycles. The molecule has 0 saturated carbocycles. The Labute approximate surface area is 107 Å². The molecular formula is C14H20FNO2. The lowest BCUT2D eigenvalue weighted by Crippen LogP contribution is -2.24. The summed E-state index contributed by atoms with van der Waals surface area (Å²) in [5, 5.41) is 0. The Balaban J connectivity index is 2.44. The predicted molar refractivity (Wildman–Crippen MR) is 68.4 cm³/mol. The van der Waals surface area contributed by atoms with Crippen molar-refractivity contribution in [1.82, 2.24) is 0 Å². The molecule has 2 N–H and O–H groups in total. The van der Waals surface area contributed by atoms with Crippen LogP contribution in [0, 0.1) is 5.82 Å². The number of hydrogen-bond acceptors (Lipinski definition) is 3. The summed E-state index contributed by atoms with van der Waals surface area (Å²) in [5.74, 6) is -0.557. The van der Waals surface area contributed by atoms with E-state index < -0.39 is 5.60 Å². The maximum absolute atomic E-state index is 12.7. The van der Waals surface area contributed by atoms with E-state index in [0.717, 1.165) is 5.56 Å². The van der Waals surface area contributed by atoms with Crippen LogP contribution < -0.4 is 5.73 Å². The molecule has 0 aliphatic rings. The third kappa shape index (κ3) is 5.27. The van der Waals surface area contributed by atoms with E-state index in [1.54, 1.807) is 12.1 Å². The van der Waals surface area contributed by atoms with Crippen molar-refractivity contribution in [1.29, 1.82) is 0 Å². The fraction of sp³-hybridized carbons (Fsp3) is 0.500. The van der Waals surface area contributed by atoms with Gasteiger partial charge in [0.05, 0.1) is 0 Å². The zero-order valence-corrected chi connectivity index (χ0v) is 11.1. The number of hydrogen-bond donors (Lipinski definition) is 1. The minimum absolute atomic E-state index is 0.260. The largest absolute Gasteiger partial charge is 0.460 e. The van der Waals surface area contributed by atoms with Gasteiger partial charge < -0.3 is 10.5 Å². The Morgan fingerprint density at radius 1 is 1.33 bits per heavy atom. The Morgan fingerprint density at radius 2 is 1.89 bits per heavy atom. The molecule has 0 fully saturated rings. The summed E-state index contributed by atoms with van der Waals surface area (Å²) in [7, 11) is 0. The van der Waals surface area contributed by atoms with Crippen LogP contribution in [0.3, 0.4) is 0 Å². The normalized spacial score (nSPS) is 13.2. The number of carbonyl (C=O) groups excluding carboxylic acids is 1. The van der Waals surface area contributed by atoms with Crippen LogP contribution in [0.2, 0.25) is 0 Å². The summed E-state index contributed by atoms with van der Waals surface area (Å²) in [4.78, 5) is 11.5. The first-order valence-corrected chi connectivity index (χ1v) is 6.01. The highest BCUT2D eigenvalue weighted by molar-refractivity contribution is 5.69. The minimum Gasteiger partial charge on any atom is -0.460 e. The van der Waals surface area contributed by atoms with Crippen LogP contribution in [0.5, 0.6) is 0 Å². The lowest BCUT2D eigenvalue weighted by atomic mass is 10.0. The van der Waals surface area contributed by atoms with Crippen molar-refractivity contribution in [2.24, 2.45) is 5.73 Å². The van der Waals surface area contributed by atoms with Crippen LogP contribution in [0.25, 0.3) is 0 Å². The fourth-order valence-electron chi connectivity index (χ4n) is 1.54. The van der Waals surface area contributed by atoms with Gasteiger partial charge in [0.15, 0.2) is 0 Å². The monoisotopic (exact) mass is 253 g/mol. The minimum atomic E-state index is -0.475. The molecule has 0 amide bonds. The Hall–Kier alpha value is -1.42. The molecule has 0 radical (unpaired) electrons. The van der Waals surface area contributed by atoms with Crippen molar-refractivity contribution in [2.45, 2.75) is 45.3 Å². The Bertz CT molecular complexity index is 395. The van der Waals surface area contributed by atoms with Crippen LogP contribution in [0.1, 0.15) is 45.2 Å². The van der Waals surface area contributed by atoms with Gasteiger partial charge in [-0.2, -0.15) is 0 Å². The van der Waals surface area contributed by atoms with Crippen LogP contribution in [-0.2, 0) is 9.53 Å². The average molecular weight is 253 g/mol. The molecule has 0 bridgehead atoms. The SMILES string of the molecule is CC(C)(C)OC(=O)CCC(N)c1ccc(F)cc1. The third-order valence-corrected chi connectivity index (χ3v) is 2.38. The van der Waals surface area contributed by atoms with Crippen molar-refractivity contribution in [3.63, 3.8) is 0 Å². The number of halogens is 1.